The fourth-order valence-corrected chi connectivity index (χ4v) is 2.89. The van der Waals surface area contributed by atoms with Crippen molar-refractivity contribution in [3.8, 4) is 6.07 Å². The van der Waals surface area contributed by atoms with E-state index < -0.39 is 0 Å². The van der Waals surface area contributed by atoms with E-state index in [1.807, 2.05) is 11.8 Å². The summed E-state index contributed by atoms with van der Waals surface area (Å²) in [6.45, 7) is 2.17. The van der Waals surface area contributed by atoms with Gasteiger partial charge in [0, 0.05) is 0 Å². The Bertz CT molecular complexity index is 359. The van der Waals surface area contributed by atoms with E-state index in [-0.39, 0.29) is 4.75 Å². The lowest BCUT2D eigenvalue weighted by Crippen LogP contribution is -2.14. The van der Waals surface area contributed by atoms with Gasteiger partial charge in [0.2, 0.25) is 0 Å². The van der Waals surface area contributed by atoms with Gasteiger partial charge in [-0.25, -0.2) is 4.98 Å². The quantitative estimate of drug-likeness (QED) is 0.802. The van der Waals surface area contributed by atoms with E-state index in [4.69, 9.17) is 5.26 Å². The number of aromatic nitrogens is 3. The Balaban J connectivity index is 2.20. The number of nitrogens with one attached hydrogen (secondary N) is 1. The zero-order valence-electron chi connectivity index (χ0n) is 8.08. The number of aromatic amines is 1. The second-order valence-electron chi connectivity index (χ2n) is 3.62. The van der Waals surface area contributed by atoms with Gasteiger partial charge in [0.25, 0.3) is 0 Å². The second kappa shape index (κ2) is 3.62. The minimum atomic E-state index is 0.0597. The Morgan fingerprint density at radius 1 is 1.71 bits per heavy atom. The minimum Gasteiger partial charge on any atom is -0.262 e. The van der Waals surface area contributed by atoms with Crippen LogP contribution in [0.15, 0.2) is 0 Å². The summed E-state index contributed by atoms with van der Waals surface area (Å²) in [5, 5.41) is 15.5. The summed E-state index contributed by atoms with van der Waals surface area (Å²) >= 11 is 1.90. The monoisotopic (exact) mass is 208 g/mol. The van der Waals surface area contributed by atoms with Crippen LogP contribution in [0, 0.1) is 11.3 Å². The molecule has 0 bridgehead atoms. The summed E-state index contributed by atoms with van der Waals surface area (Å²) in [5.74, 6) is 2.71. The van der Waals surface area contributed by atoms with Gasteiger partial charge in [0.1, 0.15) is 5.82 Å². The van der Waals surface area contributed by atoms with Crippen molar-refractivity contribution in [1.82, 2.24) is 15.2 Å². The van der Waals surface area contributed by atoms with Crippen molar-refractivity contribution in [2.75, 3.05) is 5.75 Å². The average molecular weight is 208 g/mol. The molecule has 0 aromatic carbocycles. The molecule has 5 heteroatoms. The number of nitrogens with zero attached hydrogens (tertiary/aromatic N) is 3. The molecule has 1 aromatic rings. The van der Waals surface area contributed by atoms with Gasteiger partial charge < -0.3 is 0 Å². The molecule has 1 aliphatic rings. The first kappa shape index (κ1) is 9.53. The smallest absolute Gasteiger partial charge is 0.166 e. The molecule has 1 atom stereocenters. The number of rotatable bonds is 2. The van der Waals surface area contributed by atoms with Crippen LogP contribution in [0.2, 0.25) is 0 Å². The van der Waals surface area contributed by atoms with Gasteiger partial charge in [0.15, 0.2) is 5.82 Å². The Hall–Kier alpha value is -1.02. The van der Waals surface area contributed by atoms with Crippen molar-refractivity contribution < 1.29 is 0 Å². The van der Waals surface area contributed by atoms with E-state index in [1.54, 1.807) is 0 Å². The molecule has 1 unspecified atom stereocenters. The predicted octanol–water partition coefficient (Wildman–Crippen LogP) is 1.61. The van der Waals surface area contributed by atoms with Gasteiger partial charge in [-0.2, -0.15) is 10.4 Å². The lowest BCUT2D eigenvalue weighted by molar-refractivity contribution is 0.607. The summed E-state index contributed by atoms with van der Waals surface area (Å²) in [6.07, 6.45) is 2.67. The second-order valence-corrected chi connectivity index (χ2v) is 5.22. The Morgan fingerprint density at radius 3 is 3.21 bits per heavy atom. The van der Waals surface area contributed by atoms with Gasteiger partial charge >= 0.3 is 0 Å². The topological polar surface area (TPSA) is 65.4 Å². The summed E-state index contributed by atoms with van der Waals surface area (Å²) in [6, 6.07) is 2.06. The fourth-order valence-electron chi connectivity index (χ4n) is 1.64. The Labute approximate surface area is 87.1 Å². The van der Waals surface area contributed by atoms with Crippen molar-refractivity contribution in [3.63, 3.8) is 0 Å². The molecule has 0 radical (unpaired) electrons. The van der Waals surface area contributed by atoms with Crippen LogP contribution in [0.1, 0.15) is 31.4 Å². The van der Waals surface area contributed by atoms with Crippen LogP contribution in [0.5, 0.6) is 0 Å². The number of H-pyrrole nitrogens is 1. The lowest BCUT2D eigenvalue weighted by atomic mass is 10.1. The number of hydrogen-bond donors (Lipinski definition) is 1. The molecule has 0 amide bonds. The highest BCUT2D eigenvalue weighted by Gasteiger charge is 2.35. The Morgan fingerprint density at radius 2 is 2.57 bits per heavy atom. The third kappa shape index (κ3) is 1.62. The molecule has 74 valence electrons. The SMILES string of the molecule is CC1(c2n[nH]c(CC#N)n2)CCCS1. The van der Waals surface area contributed by atoms with E-state index in [9.17, 15) is 0 Å². The molecule has 14 heavy (non-hydrogen) atoms. The molecular formula is C9H12N4S. The van der Waals surface area contributed by atoms with Crippen molar-refractivity contribution in [2.45, 2.75) is 30.9 Å². The largest absolute Gasteiger partial charge is 0.262 e. The van der Waals surface area contributed by atoms with E-state index in [2.05, 4.69) is 28.2 Å². The average Bonchev–Trinajstić information content (AvgIpc) is 2.75. The molecule has 1 saturated heterocycles. The Kier molecular flexibility index (Phi) is 2.46. The van der Waals surface area contributed by atoms with Crippen LogP contribution in [0.3, 0.4) is 0 Å². The standard InChI is InChI=1S/C9H12N4S/c1-9(4-2-6-14-9)8-11-7(3-5-10)12-13-8/h2-4,6H2,1H3,(H,11,12,13). The highest BCUT2D eigenvalue weighted by molar-refractivity contribution is 8.00. The number of hydrogen-bond acceptors (Lipinski definition) is 4. The van der Waals surface area contributed by atoms with Gasteiger partial charge in [-0.15, -0.1) is 11.8 Å². The normalized spacial score (nSPS) is 26.3. The van der Waals surface area contributed by atoms with Crippen molar-refractivity contribution in [1.29, 1.82) is 5.26 Å². The first-order valence-electron chi connectivity index (χ1n) is 4.67. The van der Waals surface area contributed by atoms with Gasteiger partial charge in [-0.05, 0) is 25.5 Å². The maximum absolute atomic E-state index is 8.52. The van der Waals surface area contributed by atoms with E-state index in [1.165, 1.54) is 12.2 Å². The third-order valence-corrected chi connectivity index (χ3v) is 3.99. The molecule has 1 aliphatic heterocycles. The van der Waals surface area contributed by atoms with Gasteiger partial charge in [0.05, 0.1) is 17.2 Å². The fraction of sp³-hybridized carbons (Fsp3) is 0.667. The zero-order valence-corrected chi connectivity index (χ0v) is 8.89. The highest BCUT2D eigenvalue weighted by atomic mass is 32.2. The predicted molar refractivity (Wildman–Crippen MR) is 54.7 cm³/mol. The van der Waals surface area contributed by atoms with Crippen molar-refractivity contribution in [3.05, 3.63) is 11.6 Å². The van der Waals surface area contributed by atoms with Crippen LogP contribution in [0.4, 0.5) is 0 Å². The molecule has 0 aliphatic carbocycles. The van der Waals surface area contributed by atoms with Crippen molar-refractivity contribution in [2.24, 2.45) is 0 Å². The zero-order chi connectivity index (χ0) is 10.0. The van der Waals surface area contributed by atoms with Crippen LogP contribution < -0.4 is 0 Å². The number of nitriles is 1. The molecule has 1 N–H and O–H groups in total. The maximum atomic E-state index is 8.52. The summed E-state index contributed by atoms with van der Waals surface area (Å²) < 4.78 is 0.0597. The molecule has 2 heterocycles. The minimum absolute atomic E-state index is 0.0597. The van der Waals surface area contributed by atoms with Crippen molar-refractivity contribution >= 4 is 11.8 Å². The molecule has 0 spiro atoms. The van der Waals surface area contributed by atoms with Gasteiger partial charge in [-0.3, -0.25) is 5.10 Å². The maximum Gasteiger partial charge on any atom is 0.166 e. The van der Waals surface area contributed by atoms with Crippen LogP contribution in [-0.4, -0.2) is 20.9 Å². The first-order valence-corrected chi connectivity index (χ1v) is 5.66. The third-order valence-electron chi connectivity index (χ3n) is 2.47. The summed E-state index contributed by atoms with van der Waals surface area (Å²) in [4.78, 5) is 4.34. The van der Waals surface area contributed by atoms with E-state index in [0.29, 0.717) is 12.2 Å². The molecular weight excluding hydrogens is 196 g/mol. The van der Waals surface area contributed by atoms with Crippen LogP contribution in [-0.2, 0) is 11.2 Å². The first-order chi connectivity index (χ1) is 6.74. The highest BCUT2D eigenvalue weighted by Crippen LogP contribution is 2.44. The van der Waals surface area contributed by atoms with Gasteiger partial charge in [-0.1, -0.05) is 0 Å². The molecule has 0 saturated carbocycles. The molecule has 1 aromatic heterocycles. The molecule has 2 rings (SSSR count). The number of thioether (sulfide) groups is 1. The molecule has 1 fully saturated rings. The molecule has 4 nitrogen and oxygen atoms in total. The van der Waals surface area contributed by atoms with Crippen LogP contribution >= 0.6 is 11.8 Å². The summed E-state index contributed by atoms with van der Waals surface area (Å²) in [7, 11) is 0. The van der Waals surface area contributed by atoms with E-state index in [0.717, 1.165) is 12.2 Å². The summed E-state index contributed by atoms with van der Waals surface area (Å²) in [5.41, 5.74) is 0. The van der Waals surface area contributed by atoms with E-state index >= 15 is 0 Å². The lowest BCUT2D eigenvalue weighted by Gasteiger charge is -2.17. The van der Waals surface area contributed by atoms with Crippen LogP contribution in [0.25, 0.3) is 0 Å².